The maximum Gasteiger partial charge on any atom is 0.0116 e. The van der Waals surface area contributed by atoms with Crippen LogP contribution in [0.5, 0.6) is 0 Å². The molecule has 1 atom stereocenters. The van der Waals surface area contributed by atoms with E-state index in [1.165, 1.54) is 25.9 Å². The average molecular weight is 213 g/mol. The van der Waals surface area contributed by atoms with Gasteiger partial charge in [-0.05, 0) is 44.8 Å². The van der Waals surface area contributed by atoms with Crippen LogP contribution in [-0.2, 0) is 0 Å². The van der Waals surface area contributed by atoms with E-state index in [0.29, 0.717) is 6.04 Å². The molecule has 1 unspecified atom stereocenters. The van der Waals surface area contributed by atoms with Gasteiger partial charge >= 0.3 is 0 Å². The summed E-state index contributed by atoms with van der Waals surface area (Å²) in [5, 5.41) is 3.47. The molecule has 0 radical (unpaired) electrons. The van der Waals surface area contributed by atoms with Crippen molar-refractivity contribution in [2.45, 2.75) is 32.7 Å². The third kappa shape index (κ3) is 3.74. The third-order valence-electron chi connectivity index (χ3n) is 3.64. The molecule has 0 aromatic carbocycles. The summed E-state index contributed by atoms with van der Waals surface area (Å²) in [6.07, 6.45) is 2.65. The number of hydrogen-bond donors (Lipinski definition) is 2. The summed E-state index contributed by atoms with van der Waals surface area (Å²) in [4.78, 5) is 2.49. The van der Waals surface area contributed by atoms with Crippen LogP contribution in [0.25, 0.3) is 0 Å². The van der Waals surface area contributed by atoms with Gasteiger partial charge in [0.2, 0.25) is 0 Å². The van der Waals surface area contributed by atoms with Crippen molar-refractivity contribution in [3.63, 3.8) is 0 Å². The van der Waals surface area contributed by atoms with Gasteiger partial charge in [0.25, 0.3) is 0 Å². The predicted octanol–water partition coefficient (Wildman–Crippen LogP) is 0.901. The highest BCUT2D eigenvalue weighted by atomic mass is 15.1. The highest BCUT2D eigenvalue weighted by Gasteiger charge is 2.26. The van der Waals surface area contributed by atoms with Crippen LogP contribution < -0.4 is 11.1 Å². The molecule has 1 fully saturated rings. The molecule has 0 spiro atoms. The molecule has 0 saturated carbocycles. The van der Waals surface area contributed by atoms with E-state index in [2.05, 4.69) is 31.1 Å². The molecule has 0 aromatic rings. The lowest BCUT2D eigenvalue weighted by atomic mass is 9.83. The Morgan fingerprint density at radius 3 is 2.33 bits per heavy atom. The van der Waals surface area contributed by atoms with Crippen molar-refractivity contribution in [1.29, 1.82) is 0 Å². The molecular weight excluding hydrogens is 186 g/mol. The van der Waals surface area contributed by atoms with Crippen molar-refractivity contribution in [3.8, 4) is 0 Å². The summed E-state index contributed by atoms with van der Waals surface area (Å²) < 4.78 is 0. The first-order chi connectivity index (χ1) is 7.19. The second kappa shape index (κ2) is 6.46. The molecule has 15 heavy (non-hydrogen) atoms. The Hall–Kier alpha value is -0.120. The fraction of sp³-hybridized carbons (Fsp3) is 1.00. The summed E-state index contributed by atoms with van der Waals surface area (Å²) in [5.74, 6) is 1.59. The molecule has 0 aromatic heterocycles. The number of piperidine rings is 1. The predicted molar refractivity (Wildman–Crippen MR) is 65.9 cm³/mol. The van der Waals surface area contributed by atoms with E-state index >= 15 is 0 Å². The van der Waals surface area contributed by atoms with Gasteiger partial charge in [-0.15, -0.1) is 0 Å². The third-order valence-corrected chi connectivity index (χ3v) is 3.64. The van der Waals surface area contributed by atoms with Gasteiger partial charge in [0, 0.05) is 19.1 Å². The molecule has 1 saturated heterocycles. The van der Waals surface area contributed by atoms with Gasteiger partial charge in [0.05, 0.1) is 0 Å². The Balaban J connectivity index is 2.35. The van der Waals surface area contributed by atoms with Crippen molar-refractivity contribution < 1.29 is 0 Å². The zero-order valence-corrected chi connectivity index (χ0v) is 10.5. The van der Waals surface area contributed by atoms with Crippen LogP contribution in [0.3, 0.4) is 0 Å². The zero-order valence-electron chi connectivity index (χ0n) is 10.5. The molecule has 3 heteroatoms. The maximum absolute atomic E-state index is 5.57. The van der Waals surface area contributed by atoms with Crippen molar-refractivity contribution >= 4 is 0 Å². The molecule has 1 heterocycles. The second-order valence-corrected chi connectivity index (χ2v) is 5.03. The molecule has 1 aliphatic rings. The molecule has 90 valence electrons. The van der Waals surface area contributed by atoms with E-state index in [9.17, 15) is 0 Å². The van der Waals surface area contributed by atoms with E-state index < -0.39 is 0 Å². The highest BCUT2D eigenvalue weighted by Crippen LogP contribution is 2.24. The maximum atomic E-state index is 5.57. The number of rotatable bonds is 5. The van der Waals surface area contributed by atoms with E-state index in [0.717, 1.165) is 24.9 Å². The average Bonchev–Trinajstić information content (AvgIpc) is 2.21. The van der Waals surface area contributed by atoms with Crippen LogP contribution in [-0.4, -0.2) is 44.2 Å². The van der Waals surface area contributed by atoms with Crippen molar-refractivity contribution in [1.82, 2.24) is 10.2 Å². The Morgan fingerprint density at radius 1 is 1.33 bits per heavy atom. The first kappa shape index (κ1) is 12.9. The molecule has 3 nitrogen and oxygen atoms in total. The summed E-state index contributed by atoms with van der Waals surface area (Å²) in [6.45, 7) is 8.95. The topological polar surface area (TPSA) is 41.3 Å². The summed E-state index contributed by atoms with van der Waals surface area (Å²) in [5.41, 5.74) is 5.57. The van der Waals surface area contributed by atoms with Crippen LogP contribution in [0.15, 0.2) is 0 Å². The first-order valence-electron chi connectivity index (χ1n) is 6.28. The Bertz CT molecular complexity index is 162. The normalized spacial score (nSPS) is 22.2. The number of nitrogens with two attached hydrogens (primary N) is 1. The molecular formula is C12H27N3. The molecule has 0 bridgehead atoms. The second-order valence-electron chi connectivity index (χ2n) is 5.03. The fourth-order valence-corrected chi connectivity index (χ4v) is 2.83. The Labute approximate surface area is 94.4 Å². The van der Waals surface area contributed by atoms with Gasteiger partial charge < -0.3 is 16.0 Å². The van der Waals surface area contributed by atoms with Gasteiger partial charge in [0.1, 0.15) is 0 Å². The molecule has 1 aliphatic heterocycles. The van der Waals surface area contributed by atoms with Crippen LogP contribution >= 0.6 is 0 Å². The highest BCUT2D eigenvalue weighted by molar-refractivity contribution is 4.83. The summed E-state index contributed by atoms with van der Waals surface area (Å²) in [6, 6.07) is 0.685. The Kier molecular flexibility index (Phi) is 5.58. The minimum atomic E-state index is 0.685. The lowest BCUT2D eigenvalue weighted by Crippen LogP contribution is -2.45. The van der Waals surface area contributed by atoms with Crippen LogP contribution in [0.1, 0.15) is 26.7 Å². The summed E-state index contributed by atoms with van der Waals surface area (Å²) in [7, 11) is 2.09. The van der Waals surface area contributed by atoms with E-state index in [-0.39, 0.29) is 0 Å². The lowest BCUT2D eigenvalue weighted by Gasteiger charge is -2.37. The minimum absolute atomic E-state index is 0.685. The Morgan fingerprint density at radius 2 is 1.93 bits per heavy atom. The van der Waals surface area contributed by atoms with Crippen LogP contribution in [0.4, 0.5) is 0 Å². The van der Waals surface area contributed by atoms with Crippen molar-refractivity contribution in [2.24, 2.45) is 17.6 Å². The minimum Gasteiger partial charge on any atom is -0.329 e. The fourth-order valence-electron chi connectivity index (χ4n) is 2.83. The van der Waals surface area contributed by atoms with Gasteiger partial charge in [-0.2, -0.15) is 0 Å². The molecule has 3 N–H and O–H groups in total. The van der Waals surface area contributed by atoms with Gasteiger partial charge in [0.15, 0.2) is 0 Å². The molecule has 1 rings (SSSR count). The van der Waals surface area contributed by atoms with Crippen molar-refractivity contribution in [2.75, 3.05) is 33.2 Å². The van der Waals surface area contributed by atoms with Gasteiger partial charge in [-0.3, -0.25) is 0 Å². The SMILES string of the molecule is CNC(C(C)C)C1CCN(CCN)CC1. The number of hydrogen-bond acceptors (Lipinski definition) is 3. The van der Waals surface area contributed by atoms with Crippen LogP contribution in [0.2, 0.25) is 0 Å². The lowest BCUT2D eigenvalue weighted by molar-refractivity contribution is 0.148. The van der Waals surface area contributed by atoms with E-state index in [1.54, 1.807) is 0 Å². The number of likely N-dealkylation sites (tertiary alicyclic amines) is 1. The zero-order chi connectivity index (χ0) is 11.3. The quantitative estimate of drug-likeness (QED) is 0.713. The van der Waals surface area contributed by atoms with Gasteiger partial charge in [-0.25, -0.2) is 0 Å². The molecule has 0 aliphatic carbocycles. The number of nitrogens with one attached hydrogen (secondary N) is 1. The smallest absolute Gasteiger partial charge is 0.0116 e. The van der Waals surface area contributed by atoms with E-state index in [4.69, 9.17) is 5.73 Å². The van der Waals surface area contributed by atoms with Crippen molar-refractivity contribution in [3.05, 3.63) is 0 Å². The van der Waals surface area contributed by atoms with E-state index in [1.807, 2.05) is 0 Å². The largest absolute Gasteiger partial charge is 0.329 e. The molecule has 0 amide bonds. The first-order valence-corrected chi connectivity index (χ1v) is 6.28. The monoisotopic (exact) mass is 213 g/mol. The number of nitrogens with zero attached hydrogens (tertiary/aromatic N) is 1. The summed E-state index contributed by atoms with van der Waals surface area (Å²) >= 11 is 0. The standard InChI is InChI=1S/C12H27N3/c1-10(2)12(14-3)11-4-7-15(8-5-11)9-6-13/h10-12,14H,4-9,13H2,1-3H3. The van der Waals surface area contributed by atoms with Crippen LogP contribution in [0, 0.1) is 11.8 Å². The van der Waals surface area contributed by atoms with Gasteiger partial charge in [-0.1, -0.05) is 13.8 Å².